The Balaban J connectivity index is 1.50. The standard InChI is InChI=1S/C26H30N4O4S/c1-33-21-14-13-19(16-22(21)34-2)25-28-29-26(30(25)20-11-7-4-8-12-20)35-17-24(32)27-23(31)15-18-9-5-3-6-10-18/h3,5-6,9-10,13-14,16,20H,4,7-8,11-12,15,17H2,1-2H3,(H,27,31,32). The number of amides is 2. The normalized spacial score (nSPS) is 13.9. The molecule has 0 radical (unpaired) electrons. The maximum atomic E-state index is 12.5. The van der Waals surface area contributed by atoms with E-state index in [2.05, 4.69) is 20.1 Å². The number of benzene rings is 2. The molecule has 0 atom stereocenters. The molecular weight excluding hydrogens is 464 g/mol. The molecule has 2 aromatic carbocycles. The van der Waals surface area contributed by atoms with E-state index in [1.54, 1.807) is 14.2 Å². The fraction of sp³-hybridized carbons (Fsp3) is 0.385. The van der Waals surface area contributed by atoms with Crippen LogP contribution in [0.25, 0.3) is 11.4 Å². The number of methoxy groups -OCH3 is 2. The second-order valence-corrected chi connectivity index (χ2v) is 9.40. The van der Waals surface area contributed by atoms with Crippen molar-refractivity contribution in [3.8, 4) is 22.9 Å². The van der Waals surface area contributed by atoms with Crippen molar-refractivity contribution in [2.24, 2.45) is 0 Å². The minimum atomic E-state index is -0.346. The summed E-state index contributed by atoms with van der Waals surface area (Å²) in [6.45, 7) is 0. The van der Waals surface area contributed by atoms with Crippen LogP contribution in [-0.2, 0) is 16.0 Å². The summed E-state index contributed by atoms with van der Waals surface area (Å²) in [5, 5.41) is 12.1. The van der Waals surface area contributed by atoms with Crippen molar-refractivity contribution >= 4 is 23.6 Å². The molecule has 0 unspecified atom stereocenters. The first-order chi connectivity index (χ1) is 17.1. The zero-order valence-electron chi connectivity index (χ0n) is 20.0. The van der Waals surface area contributed by atoms with Crippen LogP contribution in [0.15, 0.2) is 53.7 Å². The molecule has 0 aliphatic heterocycles. The molecule has 1 N–H and O–H groups in total. The van der Waals surface area contributed by atoms with Crippen LogP contribution in [0, 0.1) is 0 Å². The van der Waals surface area contributed by atoms with Crippen LogP contribution in [0.3, 0.4) is 0 Å². The summed E-state index contributed by atoms with van der Waals surface area (Å²) >= 11 is 1.30. The minimum absolute atomic E-state index is 0.0807. The van der Waals surface area contributed by atoms with E-state index in [0.29, 0.717) is 16.7 Å². The highest BCUT2D eigenvalue weighted by Crippen LogP contribution is 2.38. The van der Waals surface area contributed by atoms with Gasteiger partial charge in [0.1, 0.15) is 0 Å². The van der Waals surface area contributed by atoms with E-state index in [1.165, 1.54) is 18.2 Å². The molecule has 0 spiro atoms. The topological polar surface area (TPSA) is 95.3 Å². The summed E-state index contributed by atoms with van der Waals surface area (Å²) in [5.41, 5.74) is 1.73. The van der Waals surface area contributed by atoms with Gasteiger partial charge in [0.2, 0.25) is 11.8 Å². The minimum Gasteiger partial charge on any atom is -0.493 e. The Kier molecular flexibility index (Phi) is 8.41. The van der Waals surface area contributed by atoms with E-state index in [1.807, 2.05) is 48.5 Å². The molecule has 9 heteroatoms. The molecule has 1 aliphatic carbocycles. The van der Waals surface area contributed by atoms with E-state index in [0.717, 1.165) is 42.6 Å². The number of imide groups is 1. The van der Waals surface area contributed by atoms with E-state index >= 15 is 0 Å². The summed E-state index contributed by atoms with van der Waals surface area (Å²) in [4.78, 5) is 24.7. The zero-order valence-corrected chi connectivity index (χ0v) is 20.8. The van der Waals surface area contributed by atoms with Crippen molar-refractivity contribution in [3.05, 3.63) is 54.1 Å². The van der Waals surface area contributed by atoms with Crippen LogP contribution < -0.4 is 14.8 Å². The Bertz CT molecular complexity index is 1160. The van der Waals surface area contributed by atoms with Gasteiger partial charge in [0.25, 0.3) is 0 Å². The van der Waals surface area contributed by atoms with Crippen molar-refractivity contribution in [2.75, 3.05) is 20.0 Å². The first-order valence-electron chi connectivity index (χ1n) is 11.8. The van der Waals surface area contributed by atoms with Crippen molar-refractivity contribution in [1.82, 2.24) is 20.1 Å². The van der Waals surface area contributed by atoms with Gasteiger partial charge < -0.3 is 9.47 Å². The van der Waals surface area contributed by atoms with Crippen molar-refractivity contribution in [2.45, 2.75) is 49.7 Å². The van der Waals surface area contributed by atoms with E-state index < -0.39 is 0 Å². The Morgan fingerprint density at radius 1 is 0.971 bits per heavy atom. The predicted molar refractivity (Wildman–Crippen MR) is 135 cm³/mol. The summed E-state index contributed by atoms with van der Waals surface area (Å²) in [6, 6.07) is 15.3. The first-order valence-corrected chi connectivity index (χ1v) is 12.7. The number of carbonyl (C=O) groups is 2. The lowest BCUT2D eigenvalue weighted by Crippen LogP contribution is -2.33. The van der Waals surface area contributed by atoms with Gasteiger partial charge in [-0.2, -0.15) is 0 Å². The van der Waals surface area contributed by atoms with Gasteiger partial charge in [-0.15, -0.1) is 10.2 Å². The maximum Gasteiger partial charge on any atom is 0.237 e. The van der Waals surface area contributed by atoms with Crippen LogP contribution in [0.2, 0.25) is 0 Å². The second kappa shape index (κ2) is 11.9. The molecule has 0 saturated heterocycles. The summed E-state index contributed by atoms with van der Waals surface area (Å²) in [7, 11) is 3.21. The van der Waals surface area contributed by atoms with Crippen LogP contribution in [0.5, 0.6) is 11.5 Å². The lowest BCUT2D eigenvalue weighted by atomic mass is 9.95. The number of nitrogens with zero attached hydrogens (tertiary/aromatic N) is 3. The van der Waals surface area contributed by atoms with Gasteiger partial charge in [-0.1, -0.05) is 61.4 Å². The fourth-order valence-corrected chi connectivity index (χ4v) is 5.17. The second-order valence-electron chi connectivity index (χ2n) is 8.46. The molecule has 184 valence electrons. The van der Waals surface area contributed by atoms with Crippen LogP contribution in [0.4, 0.5) is 0 Å². The quantitative estimate of drug-likeness (QED) is 0.439. The van der Waals surface area contributed by atoms with Gasteiger partial charge in [0.15, 0.2) is 22.5 Å². The van der Waals surface area contributed by atoms with E-state index in [9.17, 15) is 9.59 Å². The van der Waals surface area contributed by atoms with Gasteiger partial charge >= 0.3 is 0 Å². The van der Waals surface area contributed by atoms with Crippen LogP contribution in [-0.4, -0.2) is 46.6 Å². The third-order valence-electron chi connectivity index (χ3n) is 6.06. The average Bonchev–Trinajstić information content (AvgIpc) is 3.32. The molecule has 2 amide bonds. The Labute approximate surface area is 209 Å². The highest BCUT2D eigenvalue weighted by atomic mass is 32.2. The number of rotatable bonds is 9. The Morgan fingerprint density at radius 3 is 2.43 bits per heavy atom. The molecule has 0 bridgehead atoms. The lowest BCUT2D eigenvalue weighted by molar-refractivity contribution is -0.128. The van der Waals surface area contributed by atoms with E-state index in [4.69, 9.17) is 9.47 Å². The van der Waals surface area contributed by atoms with Gasteiger partial charge in [-0.05, 0) is 36.6 Å². The smallest absolute Gasteiger partial charge is 0.237 e. The third-order valence-corrected chi connectivity index (χ3v) is 7.01. The summed E-state index contributed by atoms with van der Waals surface area (Å²) in [6.07, 6.45) is 5.75. The SMILES string of the molecule is COc1ccc(-c2nnc(SCC(=O)NC(=O)Cc3ccccc3)n2C2CCCCC2)cc1OC. The number of thioether (sulfide) groups is 1. The lowest BCUT2D eigenvalue weighted by Gasteiger charge is -2.25. The molecule has 3 aromatic rings. The largest absolute Gasteiger partial charge is 0.493 e. The molecule has 8 nitrogen and oxygen atoms in total. The maximum absolute atomic E-state index is 12.5. The monoisotopic (exact) mass is 494 g/mol. The van der Waals surface area contributed by atoms with Crippen molar-refractivity contribution < 1.29 is 19.1 Å². The van der Waals surface area contributed by atoms with Crippen LogP contribution in [0.1, 0.15) is 43.7 Å². The first kappa shape index (κ1) is 24.8. The van der Waals surface area contributed by atoms with E-state index in [-0.39, 0.29) is 30.0 Å². The third kappa shape index (κ3) is 6.22. The van der Waals surface area contributed by atoms with Gasteiger partial charge in [0, 0.05) is 11.6 Å². The highest BCUT2D eigenvalue weighted by Gasteiger charge is 2.25. The summed E-state index contributed by atoms with van der Waals surface area (Å²) in [5.74, 6) is 1.42. The molecule has 1 aliphatic rings. The number of hydrogen-bond acceptors (Lipinski definition) is 7. The Hall–Kier alpha value is -3.33. The van der Waals surface area contributed by atoms with Crippen molar-refractivity contribution in [3.63, 3.8) is 0 Å². The van der Waals surface area contributed by atoms with Gasteiger partial charge in [-0.25, -0.2) is 0 Å². The average molecular weight is 495 g/mol. The zero-order chi connectivity index (χ0) is 24.6. The Morgan fingerprint density at radius 2 is 1.71 bits per heavy atom. The molecule has 35 heavy (non-hydrogen) atoms. The molecule has 1 fully saturated rings. The molecule has 1 heterocycles. The van der Waals surface area contributed by atoms with Crippen molar-refractivity contribution in [1.29, 1.82) is 0 Å². The fourth-order valence-electron chi connectivity index (χ4n) is 4.36. The summed E-state index contributed by atoms with van der Waals surface area (Å²) < 4.78 is 13.0. The molecule has 1 aromatic heterocycles. The number of carbonyl (C=O) groups excluding carboxylic acids is 2. The van der Waals surface area contributed by atoms with Gasteiger partial charge in [-0.3, -0.25) is 19.5 Å². The van der Waals surface area contributed by atoms with Gasteiger partial charge in [0.05, 0.1) is 26.4 Å². The number of aromatic nitrogens is 3. The molecular formula is C26H30N4O4S. The number of hydrogen-bond donors (Lipinski definition) is 1. The number of nitrogens with one attached hydrogen (secondary N) is 1. The predicted octanol–water partition coefficient (Wildman–Crippen LogP) is 4.45. The molecule has 1 saturated carbocycles. The molecule has 4 rings (SSSR count). The van der Waals surface area contributed by atoms with Crippen LogP contribution >= 0.6 is 11.8 Å². The highest BCUT2D eigenvalue weighted by molar-refractivity contribution is 7.99. The number of ether oxygens (including phenoxy) is 2.